The van der Waals surface area contributed by atoms with Gasteiger partial charge in [0.1, 0.15) is 0 Å². The van der Waals surface area contributed by atoms with E-state index < -0.39 is 16.1 Å². The maximum absolute atomic E-state index is 11.7. The molecule has 2 heterocycles. The number of nitrogens with two attached hydrogens (primary N) is 1. The Kier molecular flexibility index (Phi) is 4.67. The molecule has 0 saturated heterocycles. The predicted octanol–water partition coefficient (Wildman–Crippen LogP) is 0.537. The molecule has 9 heteroatoms. The van der Waals surface area contributed by atoms with Crippen molar-refractivity contribution in [2.75, 3.05) is 18.5 Å². The number of anilines is 1. The summed E-state index contributed by atoms with van der Waals surface area (Å²) in [6.45, 7) is 1.65. The van der Waals surface area contributed by atoms with Crippen LogP contribution in [-0.4, -0.2) is 36.1 Å². The third-order valence-corrected chi connectivity index (χ3v) is 4.67. The van der Waals surface area contributed by atoms with E-state index in [4.69, 9.17) is 11.0 Å². The molecule has 25 heavy (non-hydrogen) atoms. The first-order valence-corrected chi connectivity index (χ1v) is 9.53. The molecule has 2 aromatic rings. The fourth-order valence-corrected chi connectivity index (χ4v) is 3.63. The van der Waals surface area contributed by atoms with Crippen LogP contribution in [0.25, 0.3) is 0 Å². The minimum absolute atomic E-state index is 0.164. The van der Waals surface area contributed by atoms with Crippen LogP contribution in [0.15, 0.2) is 30.5 Å². The van der Waals surface area contributed by atoms with Crippen LogP contribution in [-0.2, 0) is 23.1 Å². The van der Waals surface area contributed by atoms with Crippen molar-refractivity contribution in [3.05, 3.63) is 52.8 Å². The first kappa shape index (κ1) is 17.3. The smallest absolute Gasteiger partial charge is 0.220 e. The summed E-state index contributed by atoms with van der Waals surface area (Å²) in [5.41, 5.74) is 8.77. The van der Waals surface area contributed by atoms with E-state index in [1.807, 2.05) is 12.1 Å². The molecule has 0 radical (unpaired) electrons. The minimum Gasteiger partial charge on any atom is -0.368 e. The SMILES string of the molecule is CS(=O)(=O)NC1CN(Cc2ccc(C#N)cc2)Cc2nc(N)ncc21. The van der Waals surface area contributed by atoms with Gasteiger partial charge in [0.05, 0.1) is 29.6 Å². The second-order valence-corrected chi connectivity index (χ2v) is 7.83. The number of benzene rings is 1. The molecule has 0 spiro atoms. The van der Waals surface area contributed by atoms with Crippen molar-refractivity contribution in [1.82, 2.24) is 19.6 Å². The van der Waals surface area contributed by atoms with Crippen LogP contribution < -0.4 is 10.5 Å². The summed E-state index contributed by atoms with van der Waals surface area (Å²) < 4.78 is 26.0. The van der Waals surface area contributed by atoms with Gasteiger partial charge in [0.15, 0.2) is 0 Å². The van der Waals surface area contributed by atoms with E-state index in [-0.39, 0.29) is 5.95 Å². The Morgan fingerprint density at radius 3 is 2.76 bits per heavy atom. The molecule has 1 atom stereocenters. The molecule has 0 amide bonds. The van der Waals surface area contributed by atoms with Gasteiger partial charge >= 0.3 is 0 Å². The highest BCUT2D eigenvalue weighted by Crippen LogP contribution is 2.27. The van der Waals surface area contributed by atoms with Crippen molar-refractivity contribution in [3.63, 3.8) is 0 Å². The number of rotatable bonds is 4. The van der Waals surface area contributed by atoms with E-state index in [0.29, 0.717) is 30.9 Å². The van der Waals surface area contributed by atoms with Gasteiger partial charge in [-0.15, -0.1) is 0 Å². The van der Waals surface area contributed by atoms with E-state index in [1.54, 1.807) is 18.3 Å². The van der Waals surface area contributed by atoms with E-state index in [1.165, 1.54) is 0 Å². The number of nitrogen functional groups attached to an aromatic ring is 1. The number of sulfonamides is 1. The van der Waals surface area contributed by atoms with Crippen LogP contribution in [0.4, 0.5) is 5.95 Å². The Hall–Kier alpha value is -2.54. The highest BCUT2D eigenvalue weighted by Gasteiger charge is 2.29. The highest BCUT2D eigenvalue weighted by atomic mass is 32.2. The standard InChI is InChI=1S/C16H18N6O2S/c1-25(23,24)21-15-10-22(8-12-4-2-11(6-17)3-5-12)9-14-13(15)7-19-16(18)20-14/h2-5,7,15,21H,8-10H2,1H3,(H2,18,19,20). The number of aromatic nitrogens is 2. The van der Waals surface area contributed by atoms with Gasteiger partial charge in [-0.05, 0) is 17.7 Å². The van der Waals surface area contributed by atoms with Crippen molar-refractivity contribution in [3.8, 4) is 6.07 Å². The maximum Gasteiger partial charge on any atom is 0.220 e. The fourth-order valence-electron chi connectivity index (χ4n) is 2.92. The van der Waals surface area contributed by atoms with Crippen molar-refractivity contribution in [2.45, 2.75) is 19.1 Å². The van der Waals surface area contributed by atoms with Crippen LogP contribution in [0.2, 0.25) is 0 Å². The summed E-state index contributed by atoms with van der Waals surface area (Å²) in [6.07, 6.45) is 2.71. The highest BCUT2D eigenvalue weighted by molar-refractivity contribution is 7.88. The summed E-state index contributed by atoms with van der Waals surface area (Å²) >= 11 is 0. The average Bonchev–Trinajstić information content (AvgIpc) is 2.53. The quantitative estimate of drug-likeness (QED) is 0.817. The molecule has 0 bridgehead atoms. The summed E-state index contributed by atoms with van der Waals surface area (Å²) in [4.78, 5) is 10.3. The molecular weight excluding hydrogens is 340 g/mol. The molecule has 1 unspecified atom stereocenters. The lowest BCUT2D eigenvalue weighted by Gasteiger charge is -2.33. The van der Waals surface area contributed by atoms with Gasteiger partial charge in [0.2, 0.25) is 16.0 Å². The van der Waals surface area contributed by atoms with Gasteiger partial charge in [-0.3, -0.25) is 4.90 Å². The van der Waals surface area contributed by atoms with Crippen LogP contribution in [0.5, 0.6) is 0 Å². The van der Waals surface area contributed by atoms with Crippen LogP contribution in [0.1, 0.15) is 28.4 Å². The summed E-state index contributed by atoms with van der Waals surface area (Å²) in [5, 5.41) is 8.88. The zero-order valence-electron chi connectivity index (χ0n) is 13.7. The first-order chi connectivity index (χ1) is 11.8. The largest absolute Gasteiger partial charge is 0.368 e. The van der Waals surface area contributed by atoms with E-state index in [0.717, 1.165) is 17.4 Å². The molecule has 8 nitrogen and oxygen atoms in total. The van der Waals surface area contributed by atoms with Crippen LogP contribution in [0.3, 0.4) is 0 Å². The van der Waals surface area contributed by atoms with Gasteiger partial charge < -0.3 is 5.73 Å². The lowest BCUT2D eigenvalue weighted by molar-refractivity contribution is 0.213. The molecule has 1 aliphatic heterocycles. The molecule has 0 fully saturated rings. The molecule has 1 aromatic carbocycles. The number of nitrogens with zero attached hydrogens (tertiary/aromatic N) is 4. The third-order valence-electron chi connectivity index (χ3n) is 3.95. The number of hydrogen-bond acceptors (Lipinski definition) is 7. The zero-order chi connectivity index (χ0) is 18.0. The fraction of sp³-hybridized carbons (Fsp3) is 0.312. The monoisotopic (exact) mass is 358 g/mol. The number of fused-ring (bicyclic) bond motifs is 1. The van der Waals surface area contributed by atoms with Gasteiger partial charge in [0.25, 0.3) is 0 Å². The van der Waals surface area contributed by atoms with Crippen molar-refractivity contribution in [1.29, 1.82) is 5.26 Å². The Labute approximate surface area is 146 Å². The number of nitrogens with one attached hydrogen (secondary N) is 1. The second-order valence-electron chi connectivity index (χ2n) is 6.05. The molecule has 130 valence electrons. The summed E-state index contributed by atoms with van der Waals surface area (Å²) in [7, 11) is -3.38. The minimum atomic E-state index is -3.38. The van der Waals surface area contributed by atoms with Crippen molar-refractivity contribution >= 4 is 16.0 Å². The van der Waals surface area contributed by atoms with Gasteiger partial charge in [-0.25, -0.2) is 23.1 Å². The molecular formula is C16H18N6O2S. The topological polar surface area (TPSA) is 125 Å². The Bertz CT molecular complexity index is 921. The molecule has 0 saturated carbocycles. The molecule has 1 aliphatic rings. The molecule has 3 rings (SSSR count). The van der Waals surface area contributed by atoms with E-state index in [2.05, 4.69) is 25.7 Å². The van der Waals surface area contributed by atoms with Gasteiger partial charge in [0, 0.05) is 31.4 Å². The maximum atomic E-state index is 11.7. The number of hydrogen-bond donors (Lipinski definition) is 2. The van der Waals surface area contributed by atoms with Crippen LogP contribution >= 0.6 is 0 Å². The van der Waals surface area contributed by atoms with Gasteiger partial charge in [-0.2, -0.15) is 5.26 Å². The summed E-state index contributed by atoms with van der Waals surface area (Å²) in [6, 6.07) is 8.96. The lowest BCUT2D eigenvalue weighted by atomic mass is 10.0. The Morgan fingerprint density at radius 1 is 1.40 bits per heavy atom. The van der Waals surface area contributed by atoms with Crippen molar-refractivity contribution in [2.24, 2.45) is 0 Å². The molecule has 1 aromatic heterocycles. The second kappa shape index (κ2) is 6.76. The third kappa shape index (κ3) is 4.30. The first-order valence-electron chi connectivity index (χ1n) is 7.64. The average molecular weight is 358 g/mol. The zero-order valence-corrected chi connectivity index (χ0v) is 14.5. The Morgan fingerprint density at radius 2 is 2.12 bits per heavy atom. The van der Waals surface area contributed by atoms with Crippen molar-refractivity contribution < 1.29 is 8.42 Å². The predicted molar refractivity (Wildman–Crippen MR) is 92.4 cm³/mol. The van der Waals surface area contributed by atoms with Crippen LogP contribution in [0, 0.1) is 11.3 Å². The molecule has 3 N–H and O–H groups in total. The number of nitriles is 1. The Balaban J connectivity index is 1.85. The normalized spacial score (nSPS) is 17.7. The lowest BCUT2D eigenvalue weighted by Crippen LogP contribution is -2.41. The van der Waals surface area contributed by atoms with E-state index in [9.17, 15) is 8.42 Å². The summed E-state index contributed by atoms with van der Waals surface area (Å²) in [5.74, 6) is 0.164. The van der Waals surface area contributed by atoms with Gasteiger partial charge in [-0.1, -0.05) is 12.1 Å². The van der Waals surface area contributed by atoms with E-state index >= 15 is 0 Å². The molecule has 0 aliphatic carbocycles.